The summed E-state index contributed by atoms with van der Waals surface area (Å²) in [5, 5.41) is 7.27. The highest BCUT2D eigenvalue weighted by Crippen LogP contribution is 2.23. The van der Waals surface area contributed by atoms with Gasteiger partial charge in [-0.15, -0.1) is 0 Å². The summed E-state index contributed by atoms with van der Waals surface area (Å²) in [6.07, 6.45) is 1.69. The molecule has 0 spiro atoms. The van der Waals surface area contributed by atoms with E-state index in [1.54, 1.807) is 18.3 Å². The molecule has 2 aromatic rings. The molecule has 5 nitrogen and oxygen atoms in total. The Morgan fingerprint density at radius 2 is 1.71 bits per heavy atom. The first kappa shape index (κ1) is 21.9. The molecule has 0 bridgehead atoms. The zero-order valence-electron chi connectivity index (χ0n) is 16.1. The van der Waals surface area contributed by atoms with Crippen molar-refractivity contribution in [2.24, 2.45) is 5.10 Å². The van der Waals surface area contributed by atoms with Gasteiger partial charge in [-0.25, -0.2) is 5.43 Å². The number of rotatable bonds is 6. The van der Waals surface area contributed by atoms with Gasteiger partial charge in [0.1, 0.15) is 0 Å². The maximum absolute atomic E-state index is 12.0. The second-order valence-corrected chi connectivity index (χ2v) is 8.11. The number of amides is 2. The fraction of sp³-hybridized carbons (Fsp3) is 0.286. The molecule has 0 aromatic heterocycles. The van der Waals surface area contributed by atoms with Gasteiger partial charge < -0.3 is 5.32 Å². The maximum Gasteiger partial charge on any atom is 0.251 e. The van der Waals surface area contributed by atoms with E-state index in [0.717, 1.165) is 5.56 Å². The third-order valence-electron chi connectivity index (χ3n) is 4.00. The van der Waals surface area contributed by atoms with E-state index in [2.05, 4.69) is 36.6 Å². The van der Waals surface area contributed by atoms with Crippen LogP contribution in [0.1, 0.15) is 48.7 Å². The van der Waals surface area contributed by atoms with Crippen molar-refractivity contribution < 1.29 is 9.59 Å². The summed E-state index contributed by atoms with van der Waals surface area (Å²) in [7, 11) is 0. The molecule has 0 saturated carbocycles. The Morgan fingerprint density at radius 3 is 2.32 bits per heavy atom. The van der Waals surface area contributed by atoms with Crippen molar-refractivity contribution in [2.75, 3.05) is 6.54 Å². The van der Waals surface area contributed by atoms with Gasteiger partial charge in [0.15, 0.2) is 0 Å². The molecule has 2 aromatic carbocycles. The van der Waals surface area contributed by atoms with Gasteiger partial charge in [-0.2, -0.15) is 5.10 Å². The first-order chi connectivity index (χ1) is 13.2. The molecule has 0 aliphatic carbocycles. The summed E-state index contributed by atoms with van der Waals surface area (Å²) in [5.41, 5.74) is 5.03. The molecule has 28 heavy (non-hydrogen) atoms. The molecule has 0 radical (unpaired) electrons. The van der Waals surface area contributed by atoms with E-state index in [-0.39, 0.29) is 30.2 Å². The highest BCUT2D eigenvalue weighted by Gasteiger charge is 2.12. The van der Waals surface area contributed by atoms with Gasteiger partial charge in [0.2, 0.25) is 5.91 Å². The minimum absolute atomic E-state index is 0.0890. The number of benzene rings is 2. The topological polar surface area (TPSA) is 70.6 Å². The molecule has 148 valence electrons. The molecule has 7 heteroatoms. The Kier molecular flexibility index (Phi) is 7.61. The van der Waals surface area contributed by atoms with Crippen LogP contribution in [0.3, 0.4) is 0 Å². The number of hydrogen-bond acceptors (Lipinski definition) is 3. The molecular formula is C21H23Cl2N3O2. The average Bonchev–Trinajstić information content (AvgIpc) is 2.63. The van der Waals surface area contributed by atoms with E-state index < -0.39 is 0 Å². The number of hydrazone groups is 1. The number of halogens is 2. The fourth-order valence-electron chi connectivity index (χ4n) is 2.33. The quantitative estimate of drug-likeness (QED) is 0.531. The van der Waals surface area contributed by atoms with Gasteiger partial charge in [-0.05, 0) is 34.7 Å². The summed E-state index contributed by atoms with van der Waals surface area (Å²) >= 11 is 11.7. The van der Waals surface area contributed by atoms with Gasteiger partial charge in [0.25, 0.3) is 5.91 Å². The Hall–Kier alpha value is -2.37. The number of nitrogens with zero attached hydrogens (tertiary/aromatic N) is 1. The third-order valence-corrected chi connectivity index (χ3v) is 4.74. The summed E-state index contributed by atoms with van der Waals surface area (Å²) in [4.78, 5) is 23.8. The molecule has 0 heterocycles. The highest BCUT2D eigenvalue weighted by atomic mass is 35.5. The maximum atomic E-state index is 12.0. The fourth-order valence-corrected chi connectivity index (χ4v) is 2.63. The van der Waals surface area contributed by atoms with E-state index in [1.807, 2.05) is 24.3 Å². The monoisotopic (exact) mass is 419 g/mol. The molecule has 2 N–H and O–H groups in total. The van der Waals surface area contributed by atoms with Crippen molar-refractivity contribution in [2.45, 2.75) is 32.6 Å². The van der Waals surface area contributed by atoms with Crippen LogP contribution in [-0.4, -0.2) is 24.6 Å². The number of nitrogens with one attached hydrogen (secondary N) is 2. The van der Waals surface area contributed by atoms with E-state index in [1.165, 1.54) is 11.6 Å². The molecule has 0 aliphatic heterocycles. The second-order valence-electron chi connectivity index (χ2n) is 7.30. The normalized spacial score (nSPS) is 11.5. The van der Waals surface area contributed by atoms with Gasteiger partial charge in [0, 0.05) is 18.5 Å². The van der Waals surface area contributed by atoms with E-state index in [0.29, 0.717) is 15.6 Å². The van der Waals surface area contributed by atoms with Crippen LogP contribution in [0.5, 0.6) is 0 Å². The van der Waals surface area contributed by atoms with Gasteiger partial charge in [-0.3, -0.25) is 9.59 Å². The highest BCUT2D eigenvalue weighted by molar-refractivity contribution is 6.42. The Balaban J connectivity index is 1.75. The lowest BCUT2D eigenvalue weighted by atomic mass is 9.87. The molecule has 0 fully saturated rings. The Bertz CT molecular complexity index is 872. The Labute approximate surface area is 175 Å². The third kappa shape index (κ3) is 6.66. The minimum atomic E-state index is -0.325. The van der Waals surface area contributed by atoms with Gasteiger partial charge >= 0.3 is 0 Å². The number of carbonyl (C=O) groups is 2. The van der Waals surface area contributed by atoms with Gasteiger partial charge in [-0.1, -0.05) is 68.2 Å². The summed E-state index contributed by atoms with van der Waals surface area (Å²) in [5.74, 6) is -0.620. The van der Waals surface area contributed by atoms with Crippen molar-refractivity contribution in [3.8, 4) is 0 Å². The zero-order valence-corrected chi connectivity index (χ0v) is 17.6. The lowest BCUT2D eigenvalue weighted by Crippen LogP contribution is -2.29. The van der Waals surface area contributed by atoms with Gasteiger partial charge in [0.05, 0.1) is 16.3 Å². The molecule has 0 aliphatic rings. The Morgan fingerprint density at radius 1 is 1.04 bits per heavy atom. The first-order valence-electron chi connectivity index (χ1n) is 8.82. The molecule has 2 amide bonds. The van der Waals surface area contributed by atoms with Crippen LogP contribution in [0, 0.1) is 0 Å². The summed E-state index contributed by atoms with van der Waals surface area (Å²) in [6.45, 7) is 6.63. The zero-order chi connectivity index (χ0) is 20.7. The lowest BCUT2D eigenvalue weighted by Gasteiger charge is -2.18. The van der Waals surface area contributed by atoms with Crippen molar-refractivity contribution in [1.82, 2.24) is 10.7 Å². The lowest BCUT2D eigenvalue weighted by molar-refractivity contribution is -0.120. The van der Waals surface area contributed by atoms with Crippen molar-refractivity contribution in [3.63, 3.8) is 0 Å². The molecule has 0 atom stereocenters. The largest absolute Gasteiger partial charge is 0.352 e. The molecule has 0 unspecified atom stereocenters. The van der Waals surface area contributed by atoms with Crippen LogP contribution in [0.15, 0.2) is 47.6 Å². The smallest absolute Gasteiger partial charge is 0.251 e. The van der Waals surface area contributed by atoms with Crippen LogP contribution in [0.2, 0.25) is 10.0 Å². The summed E-state index contributed by atoms with van der Waals surface area (Å²) < 4.78 is 0. The SMILES string of the molecule is CC(C)(C)c1ccc(C=NNC(=O)CCNC(=O)c2ccc(Cl)c(Cl)c2)cc1. The predicted molar refractivity (Wildman–Crippen MR) is 114 cm³/mol. The molecule has 0 saturated heterocycles. The van der Waals surface area contributed by atoms with Crippen LogP contribution in [-0.2, 0) is 10.2 Å². The van der Waals surface area contributed by atoms with E-state index >= 15 is 0 Å². The van der Waals surface area contributed by atoms with Crippen molar-refractivity contribution in [1.29, 1.82) is 0 Å². The standard InChI is InChI=1S/C21H23Cl2N3O2/c1-21(2,3)16-7-4-14(5-8-16)13-25-26-19(27)10-11-24-20(28)15-6-9-17(22)18(23)12-15/h4-9,12-13H,10-11H2,1-3H3,(H,24,28)(H,26,27). The van der Waals surface area contributed by atoms with E-state index in [9.17, 15) is 9.59 Å². The van der Waals surface area contributed by atoms with Crippen LogP contribution >= 0.6 is 23.2 Å². The van der Waals surface area contributed by atoms with Crippen molar-refractivity contribution >= 4 is 41.2 Å². The average molecular weight is 420 g/mol. The predicted octanol–water partition coefficient (Wildman–Crippen LogP) is 4.56. The van der Waals surface area contributed by atoms with E-state index in [4.69, 9.17) is 23.2 Å². The molecular weight excluding hydrogens is 397 g/mol. The summed E-state index contributed by atoms with van der Waals surface area (Å²) in [6, 6.07) is 12.6. The second kappa shape index (κ2) is 9.71. The first-order valence-corrected chi connectivity index (χ1v) is 9.58. The van der Waals surface area contributed by atoms with Crippen LogP contribution in [0.4, 0.5) is 0 Å². The number of carbonyl (C=O) groups excluding carboxylic acids is 2. The number of hydrogen-bond donors (Lipinski definition) is 2. The van der Waals surface area contributed by atoms with Crippen molar-refractivity contribution in [3.05, 3.63) is 69.2 Å². The van der Waals surface area contributed by atoms with Crippen LogP contribution < -0.4 is 10.7 Å². The molecule has 2 rings (SSSR count). The van der Waals surface area contributed by atoms with Crippen LogP contribution in [0.25, 0.3) is 0 Å². The minimum Gasteiger partial charge on any atom is -0.352 e.